The van der Waals surface area contributed by atoms with Gasteiger partial charge in [-0.2, -0.15) is 0 Å². The molecule has 0 bridgehead atoms. The zero-order chi connectivity index (χ0) is 18.7. The molecule has 25 heavy (non-hydrogen) atoms. The van der Waals surface area contributed by atoms with E-state index < -0.39 is 35.5 Å². The molecule has 1 aliphatic heterocycles. The van der Waals surface area contributed by atoms with E-state index in [1.165, 1.54) is 6.92 Å². The quantitative estimate of drug-likeness (QED) is 0.779. The first-order valence-corrected chi connectivity index (χ1v) is 8.15. The van der Waals surface area contributed by atoms with Crippen LogP contribution in [0.1, 0.15) is 38.1 Å². The molecule has 1 aromatic carbocycles. The second-order valence-corrected chi connectivity index (χ2v) is 6.43. The van der Waals surface area contributed by atoms with E-state index in [0.717, 1.165) is 0 Å². The van der Waals surface area contributed by atoms with E-state index >= 15 is 0 Å². The van der Waals surface area contributed by atoms with E-state index in [9.17, 15) is 14.7 Å². The van der Waals surface area contributed by atoms with Gasteiger partial charge in [0.2, 0.25) is 0 Å². The molecule has 1 aliphatic rings. The Morgan fingerprint density at radius 1 is 1.36 bits per heavy atom. The van der Waals surface area contributed by atoms with Gasteiger partial charge in [0.15, 0.2) is 17.5 Å². The number of hydrogen-bond acceptors (Lipinski definition) is 7. The first-order chi connectivity index (χ1) is 11.7. The molecule has 2 rings (SSSR count). The Morgan fingerprint density at radius 3 is 2.52 bits per heavy atom. The van der Waals surface area contributed by atoms with Crippen LogP contribution in [-0.4, -0.2) is 53.9 Å². The summed E-state index contributed by atoms with van der Waals surface area (Å²) in [5.74, 6) is -2.48. The monoisotopic (exact) mass is 352 g/mol. The van der Waals surface area contributed by atoms with Crippen molar-refractivity contribution < 1.29 is 33.6 Å². The number of ether oxygens (including phenoxy) is 4. The SMILES string of the molecule is CCOC(=O)[C@](C)(O)[C@H](OC(=O)c1ccccc1)C1COC(C)(C)O1. The van der Waals surface area contributed by atoms with Crippen LogP contribution in [0.4, 0.5) is 0 Å². The van der Waals surface area contributed by atoms with Crippen molar-refractivity contribution in [1.82, 2.24) is 0 Å². The molecular weight excluding hydrogens is 328 g/mol. The van der Waals surface area contributed by atoms with Crippen molar-refractivity contribution >= 4 is 11.9 Å². The standard InChI is InChI=1S/C18H24O7/c1-5-22-16(20)18(4,21)14(13-11-23-17(2,3)25-13)24-15(19)12-9-7-6-8-10-12/h6-10,13-14,21H,5,11H2,1-4H3/t13?,14-,18-/m1/s1. The average molecular weight is 352 g/mol. The fourth-order valence-electron chi connectivity index (χ4n) is 2.57. The van der Waals surface area contributed by atoms with Crippen LogP contribution in [-0.2, 0) is 23.7 Å². The lowest BCUT2D eigenvalue weighted by molar-refractivity contribution is -0.195. The van der Waals surface area contributed by atoms with Gasteiger partial charge < -0.3 is 24.1 Å². The van der Waals surface area contributed by atoms with Crippen LogP contribution in [0, 0.1) is 0 Å². The van der Waals surface area contributed by atoms with Gasteiger partial charge in [0, 0.05) is 0 Å². The van der Waals surface area contributed by atoms with Crippen LogP contribution in [0.15, 0.2) is 30.3 Å². The van der Waals surface area contributed by atoms with Gasteiger partial charge in [0.05, 0.1) is 18.8 Å². The third-order valence-corrected chi connectivity index (χ3v) is 3.85. The maximum atomic E-state index is 12.4. The second kappa shape index (κ2) is 7.51. The molecule has 1 unspecified atom stereocenters. The summed E-state index contributed by atoms with van der Waals surface area (Å²) in [4.78, 5) is 24.6. The lowest BCUT2D eigenvalue weighted by atomic mass is 9.94. The minimum atomic E-state index is -2.09. The molecule has 1 fully saturated rings. The molecule has 138 valence electrons. The third kappa shape index (κ3) is 4.56. The van der Waals surface area contributed by atoms with E-state index in [-0.39, 0.29) is 13.2 Å². The number of rotatable bonds is 6. The number of esters is 2. The van der Waals surface area contributed by atoms with Crippen molar-refractivity contribution in [2.45, 2.75) is 51.3 Å². The summed E-state index contributed by atoms with van der Waals surface area (Å²) in [5, 5.41) is 10.7. The van der Waals surface area contributed by atoms with Crippen LogP contribution in [0.5, 0.6) is 0 Å². The van der Waals surface area contributed by atoms with Gasteiger partial charge in [-0.05, 0) is 39.8 Å². The van der Waals surface area contributed by atoms with E-state index in [1.807, 2.05) is 0 Å². The van der Waals surface area contributed by atoms with Crippen molar-refractivity contribution in [3.63, 3.8) is 0 Å². The predicted octanol–water partition coefficient (Wildman–Crippen LogP) is 1.68. The molecule has 7 heteroatoms. The van der Waals surface area contributed by atoms with Crippen LogP contribution in [0.25, 0.3) is 0 Å². The summed E-state index contributed by atoms with van der Waals surface area (Å²) < 4.78 is 21.5. The van der Waals surface area contributed by atoms with Crippen molar-refractivity contribution in [3.8, 4) is 0 Å². The minimum absolute atomic E-state index is 0.0648. The topological polar surface area (TPSA) is 91.3 Å². The van der Waals surface area contributed by atoms with Crippen molar-refractivity contribution in [2.24, 2.45) is 0 Å². The van der Waals surface area contributed by atoms with E-state index in [4.69, 9.17) is 18.9 Å². The highest BCUT2D eigenvalue weighted by molar-refractivity contribution is 5.90. The van der Waals surface area contributed by atoms with E-state index in [0.29, 0.717) is 5.56 Å². The molecule has 1 N–H and O–H groups in total. The van der Waals surface area contributed by atoms with Gasteiger partial charge in [-0.25, -0.2) is 9.59 Å². The maximum Gasteiger partial charge on any atom is 0.341 e. The van der Waals surface area contributed by atoms with Gasteiger partial charge in [-0.15, -0.1) is 0 Å². The van der Waals surface area contributed by atoms with Gasteiger partial charge in [-0.1, -0.05) is 18.2 Å². The highest BCUT2D eigenvalue weighted by Gasteiger charge is 2.52. The zero-order valence-electron chi connectivity index (χ0n) is 14.9. The second-order valence-electron chi connectivity index (χ2n) is 6.43. The number of carbonyl (C=O) groups is 2. The molecular formula is C18H24O7. The largest absolute Gasteiger partial charge is 0.464 e. The minimum Gasteiger partial charge on any atom is -0.464 e. The molecule has 1 aromatic rings. The normalized spacial score (nSPS) is 22.7. The fourth-order valence-corrected chi connectivity index (χ4v) is 2.57. The Hall–Kier alpha value is -1.96. The van der Waals surface area contributed by atoms with E-state index in [2.05, 4.69) is 0 Å². The Bertz CT molecular complexity index is 609. The van der Waals surface area contributed by atoms with E-state index in [1.54, 1.807) is 51.1 Å². The molecule has 0 radical (unpaired) electrons. The van der Waals surface area contributed by atoms with Crippen molar-refractivity contribution in [3.05, 3.63) is 35.9 Å². The first-order valence-electron chi connectivity index (χ1n) is 8.15. The number of carbonyl (C=O) groups excluding carboxylic acids is 2. The molecule has 7 nitrogen and oxygen atoms in total. The number of aliphatic hydroxyl groups is 1. The van der Waals surface area contributed by atoms with Crippen LogP contribution >= 0.6 is 0 Å². The van der Waals surface area contributed by atoms with Gasteiger partial charge in [-0.3, -0.25) is 0 Å². The summed E-state index contributed by atoms with van der Waals surface area (Å²) in [7, 11) is 0. The highest BCUT2D eigenvalue weighted by Crippen LogP contribution is 2.31. The summed E-state index contributed by atoms with van der Waals surface area (Å²) >= 11 is 0. The van der Waals surface area contributed by atoms with Crippen LogP contribution in [0.2, 0.25) is 0 Å². The summed E-state index contributed by atoms with van der Waals surface area (Å²) in [6, 6.07) is 8.29. The Labute approximate surface area is 146 Å². The van der Waals surface area contributed by atoms with Gasteiger partial charge >= 0.3 is 11.9 Å². The van der Waals surface area contributed by atoms with Crippen molar-refractivity contribution in [1.29, 1.82) is 0 Å². The number of benzene rings is 1. The maximum absolute atomic E-state index is 12.4. The Balaban J connectivity index is 2.26. The Kier molecular flexibility index (Phi) is 5.82. The summed E-state index contributed by atoms with van der Waals surface area (Å²) in [6.45, 7) is 6.40. The highest BCUT2D eigenvalue weighted by atomic mass is 16.8. The predicted molar refractivity (Wildman–Crippen MR) is 87.8 cm³/mol. The zero-order valence-corrected chi connectivity index (χ0v) is 14.9. The van der Waals surface area contributed by atoms with Crippen molar-refractivity contribution in [2.75, 3.05) is 13.2 Å². The summed E-state index contributed by atoms with van der Waals surface area (Å²) in [6.07, 6.45) is -2.11. The molecule has 0 aliphatic carbocycles. The molecule has 0 spiro atoms. The van der Waals surface area contributed by atoms with Crippen LogP contribution < -0.4 is 0 Å². The van der Waals surface area contributed by atoms with Gasteiger partial charge in [0.1, 0.15) is 6.10 Å². The number of hydrogen-bond donors (Lipinski definition) is 1. The smallest absolute Gasteiger partial charge is 0.341 e. The first kappa shape index (κ1) is 19.4. The van der Waals surface area contributed by atoms with Crippen LogP contribution in [0.3, 0.4) is 0 Å². The lowest BCUT2D eigenvalue weighted by Gasteiger charge is -2.33. The molecule has 0 aromatic heterocycles. The third-order valence-electron chi connectivity index (χ3n) is 3.85. The lowest BCUT2D eigenvalue weighted by Crippen LogP contribution is -2.56. The average Bonchev–Trinajstić information content (AvgIpc) is 2.92. The molecule has 0 saturated carbocycles. The summed E-state index contributed by atoms with van der Waals surface area (Å²) in [5.41, 5.74) is -1.79. The van der Waals surface area contributed by atoms with Gasteiger partial charge in [0.25, 0.3) is 0 Å². The molecule has 3 atom stereocenters. The molecule has 1 saturated heterocycles. The Morgan fingerprint density at radius 2 is 2.00 bits per heavy atom. The molecule has 1 heterocycles. The molecule has 0 amide bonds. The fraction of sp³-hybridized carbons (Fsp3) is 0.556.